The van der Waals surface area contributed by atoms with Crippen LogP contribution in [0.4, 0.5) is 0 Å². The number of pyridine rings is 1. The maximum Gasteiger partial charge on any atom is 0.0346 e. The lowest BCUT2D eigenvalue weighted by Crippen LogP contribution is -2.18. The first kappa shape index (κ1) is 28.7. The van der Waals surface area contributed by atoms with E-state index in [1.165, 1.54) is 77.2 Å². The zero-order chi connectivity index (χ0) is 32.4. The van der Waals surface area contributed by atoms with E-state index in [2.05, 4.69) is 165 Å². The first-order valence-electron chi connectivity index (χ1n) is 17.0. The van der Waals surface area contributed by atoms with Crippen LogP contribution in [0.3, 0.4) is 0 Å². The molecule has 1 heterocycles. The zero-order valence-corrected chi connectivity index (χ0v) is 27.6. The summed E-state index contributed by atoms with van der Waals surface area (Å²) >= 11 is 0. The van der Waals surface area contributed by atoms with E-state index in [1.807, 2.05) is 18.5 Å². The Bertz CT molecular complexity index is 2400. The van der Waals surface area contributed by atoms with Gasteiger partial charge in [-0.25, -0.2) is 0 Å². The van der Waals surface area contributed by atoms with Crippen molar-refractivity contribution in [3.63, 3.8) is 0 Å². The van der Waals surface area contributed by atoms with Crippen LogP contribution in [0.1, 0.15) is 66.0 Å². The molecule has 230 valence electrons. The van der Waals surface area contributed by atoms with Crippen molar-refractivity contribution in [3.8, 4) is 22.3 Å². The molecule has 0 fully saturated rings. The molecule has 2 unspecified atom stereocenters. The summed E-state index contributed by atoms with van der Waals surface area (Å²) in [5.41, 5.74) is 14.4. The number of hydrogen-bond acceptors (Lipinski definition) is 1. The number of aromatic nitrogens is 1. The second kappa shape index (κ2) is 11.0. The Morgan fingerprint density at radius 1 is 0.583 bits per heavy atom. The average Bonchev–Trinajstić information content (AvgIpc) is 3.13. The molecule has 1 heteroatoms. The lowest BCUT2D eigenvalue weighted by Gasteiger charge is -2.35. The van der Waals surface area contributed by atoms with Crippen molar-refractivity contribution in [1.82, 2.24) is 4.98 Å². The van der Waals surface area contributed by atoms with Crippen LogP contribution in [0.15, 0.2) is 152 Å². The summed E-state index contributed by atoms with van der Waals surface area (Å²) < 4.78 is 0. The quantitative estimate of drug-likeness (QED) is 0.192. The third-order valence-electron chi connectivity index (χ3n) is 10.5. The molecule has 0 spiro atoms. The number of nitrogens with zero attached hydrogens (tertiary/aromatic N) is 1. The van der Waals surface area contributed by atoms with Gasteiger partial charge in [0.15, 0.2) is 0 Å². The summed E-state index contributed by atoms with van der Waals surface area (Å²) in [5.74, 6) is 0.477. The van der Waals surface area contributed by atoms with Crippen LogP contribution in [0.2, 0.25) is 0 Å². The van der Waals surface area contributed by atoms with E-state index in [1.54, 1.807) is 0 Å². The van der Waals surface area contributed by atoms with Crippen LogP contribution >= 0.6 is 0 Å². The van der Waals surface area contributed by atoms with Crippen molar-refractivity contribution in [1.29, 1.82) is 0 Å². The Morgan fingerprint density at radius 3 is 2.15 bits per heavy atom. The highest BCUT2D eigenvalue weighted by atomic mass is 14.6. The van der Waals surface area contributed by atoms with Crippen LogP contribution in [0.5, 0.6) is 0 Å². The van der Waals surface area contributed by atoms with Gasteiger partial charge < -0.3 is 0 Å². The minimum Gasteiger partial charge on any atom is -0.264 e. The third-order valence-corrected chi connectivity index (χ3v) is 10.5. The summed E-state index contributed by atoms with van der Waals surface area (Å²) in [6.07, 6.45) is 11.1. The molecule has 0 amide bonds. The minimum absolute atomic E-state index is 0.0841. The Kier molecular flexibility index (Phi) is 6.59. The van der Waals surface area contributed by atoms with E-state index in [-0.39, 0.29) is 17.3 Å². The smallest absolute Gasteiger partial charge is 0.0346 e. The highest BCUT2D eigenvalue weighted by Crippen LogP contribution is 2.52. The van der Waals surface area contributed by atoms with Crippen molar-refractivity contribution in [3.05, 3.63) is 185 Å². The Balaban J connectivity index is 1.20. The maximum atomic E-state index is 4.35. The van der Waals surface area contributed by atoms with E-state index < -0.39 is 0 Å². The summed E-state index contributed by atoms with van der Waals surface area (Å²) in [5, 5.41) is 5.30. The molecule has 7 aromatic rings. The number of allylic oxidation sites excluding steroid dienone is 2. The molecule has 2 aliphatic carbocycles. The van der Waals surface area contributed by atoms with E-state index >= 15 is 0 Å². The molecular formula is C47H37N. The third kappa shape index (κ3) is 4.73. The molecule has 0 saturated carbocycles. The maximum absolute atomic E-state index is 4.35. The van der Waals surface area contributed by atoms with Gasteiger partial charge in [0.1, 0.15) is 0 Å². The summed E-state index contributed by atoms with van der Waals surface area (Å²) in [7, 11) is 0. The van der Waals surface area contributed by atoms with Crippen LogP contribution < -0.4 is 0 Å². The molecule has 6 aromatic carbocycles. The van der Waals surface area contributed by atoms with Crippen LogP contribution in [-0.4, -0.2) is 4.98 Å². The van der Waals surface area contributed by atoms with E-state index in [0.717, 1.165) is 5.56 Å². The molecule has 2 aliphatic rings. The number of fused-ring (bicyclic) bond motifs is 1. The lowest BCUT2D eigenvalue weighted by molar-refractivity contribution is 0.591. The first-order chi connectivity index (χ1) is 23.4. The monoisotopic (exact) mass is 615 g/mol. The van der Waals surface area contributed by atoms with Crippen molar-refractivity contribution in [2.24, 2.45) is 0 Å². The Morgan fingerprint density at radius 2 is 1.35 bits per heavy atom. The second-order valence-electron chi connectivity index (χ2n) is 14.4. The molecule has 0 N–H and O–H groups in total. The van der Waals surface area contributed by atoms with Gasteiger partial charge in [-0.15, -0.1) is 0 Å². The summed E-state index contributed by atoms with van der Waals surface area (Å²) in [6, 6.07) is 47.4. The van der Waals surface area contributed by atoms with Gasteiger partial charge in [0, 0.05) is 24.2 Å². The van der Waals surface area contributed by atoms with Crippen molar-refractivity contribution < 1.29 is 0 Å². The largest absolute Gasteiger partial charge is 0.264 e. The van der Waals surface area contributed by atoms with Gasteiger partial charge in [-0.2, -0.15) is 0 Å². The molecule has 0 radical (unpaired) electrons. The number of rotatable bonds is 4. The van der Waals surface area contributed by atoms with Gasteiger partial charge in [0.2, 0.25) is 0 Å². The van der Waals surface area contributed by atoms with Gasteiger partial charge >= 0.3 is 0 Å². The highest BCUT2D eigenvalue weighted by Gasteiger charge is 2.34. The van der Waals surface area contributed by atoms with Crippen LogP contribution in [0.25, 0.3) is 55.4 Å². The van der Waals surface area contributed by atoms with Crippen molar-refractivity contribution in [2.75, 3.05) is 0 Å². The second-order valence-corrected chi connectivity index (χ2v) is 14.4. The molecule has 0 bridgehead atoms. The minimum atomic E-state index is 0.0841. The van der Waals surface area contributed by atoms with Gasteiger partial charge in [-0.3, -0.25) is 4.98 Å². The van der Waals surface area contributed by atoms with E-state index in [9.17, 15) is 0 Å². The summed E-state index contributed by atoms with van der Waals surface area (Å²) in [6.45, 7) is 6.92. The molecule has 0 aliphatic heterocycles. The number of hydrogen-bond donors (Lipinski definition) is 0. The predicted octanol–water partition coefficient (Wildman–Crippen LogP) is 12.4. The van der Waals surface area contributed by atoms with Gasteiger partial charge in [-0.1, -0.05) is 160 Å². The fraction of sp³-hybridized carbons (Fsp3) is 0.128. The lowest BCUT2D eigenvalue weighted by atomic mass is 9.68. The van der Waals surface area contributed by atoms with Crippen molar-refractivity contribution in [2.45, 2.75) is 38.0 Å². The fourth-order valence-corrected chi connectivity index (χ4v) is 7.94. The Hall–Kier alpha value is -5.53. The SMILES string of the molecule is CC(C)(C)c1cc2c3c4c(ccc3c1)C(c1ccc(-c3cccc5ccccc35)cc1)=CC(c1ccc(-c3cccnc3)cc1)C4C=C2. The topological polar surface area (TPSA) is 12.9 Å². The van der Waals surface area contributed by atoms with Crippen LogP contribution in [0, 0.1) is 0 Å². The molecule has 9 rings (SSSR count). The van der Waals surface area contributed by atoms with Gasteiger partial charge in [0.25, 0.3) is 0 Å². The Labute approximate surface area is 283 Å². The normalized spacial score (nSPS) is 16.7. The standard InChI is InChI=1S/C47H37N/c1-47(2,3)38-26-35-21-23-41-43(33-15-13-30(14-16-33)37-10-7-25-48-29-37)28-44(42-24-22-36(27-38)45(35)46(41)42)34-19-17-32(18-20-34)40-12-6-9-31-8-4-5-11-39(31)40/h4-29,41,43H,1-3H3. The van der Waals surface area contributed by atoms with Crippen molar-refractivity contribution >= 4 is 33.2 Å². The molecule has 2 atom stereocenters. The van der Waals surface area contributed by atoms with E-state index in [0.29, 0.717) is 0 Å². The number of benzene rings is 6. The predicted molar refractivity (Wildman–Crippen MR) is 203 cm³/mol. The molecule has 0 saturated heterocycles. The molecule has 1 nitrogen and oxygen atoms in total. The van der Waals surface area contributed by atoms with Gasteiger partial charge in [0.05, 0.1) is 0 Å². The van der Waals surface area contributed by atoms with Crippen LogP contribution in [-0.2, 0) is 5.41 Å². The van der Waals surface area contributed by atoms with E-state index in [4.69, 9.17) is 0 Å². The molecular weight excluding hydrogens is 579 g/mol. The highest BCUT2D eigenvalue weighted by molar-refractivity contribution is 6.02. The molecule has 1 aromatic heterocycles. The summed E-state index contributed by atoms with van der Waals surface area (Å²) in [4.78, 5) is 4.35. The first-order valence-corrected chi connectivity index (χ1v) is 17.0. The average molecular weight is 616 g/mol. The van der Waals surface area contributed by atoms with Gasteiger partial charge in [-0.05, 0) is 94.2 Å². The zero-order valence-electron chi connectivity index (χ0n) is 27.6. The fourth-order valence-electron chi connectivity index (χ4n) is 7.94. The molecule has 48 heavy (non-hydrogen) atoms.